The van der Waals surface area contributed by atoms with E-state index in [1.54, 1.807) is 6.07 Å². The first kappa shape index (κ1) is 13.5. The molecule has 0 spiro atoms. The molecule has 1 aromatic carbocycles. The Balaban J connectivity index is 1.92. The van der Waals surface area contributed by atoms with Gasteiger partial charge in [0.1, 0.15) is 0 Å². The summed E-state index contributed by atoms with van der Waals surface area (Å²) in [5.41, 5.74) is 7.16. The summed E-state index contributed by atoms with van der Waals surface area (Å²) in [5.74, 6) is 0.425. The van der Waals surface area contributed by atoms with E-state index in [-0.39, 0.29) is 6.42 Å². The number of thioether (sulfide) groups is 1. The molecule has 0 unspecified atom stereocenters. The molecule has 0 aliphatic carbocycles. The van der Waals surface area contributed by atoms with Crippen LogP contribution >= 0.6 is 23.1 Å². The highest BCUT2D eigenvalue weighted by Gasteiger charge is 2.25. The van der Waals surface area contributed by atoms with Gasteiger partial charge in [0.05, 0.1) is 10.2 Å². The van der Waals surface area contributed by atoms with Crippen molar-refractivity contribution in [3.8, 4) is 0 Å². The highest BCUT2D eigenvalue weighted by molar-refractivity contribution is 8.01. The van der Waals surface area contributed by atoms with E-state index >= 15 is 0 Å². The average Bonchev–Trinajstić information content (AvgIpc) is 2.65. The van der Waals surface area contributed by atoms with Crippen molar-refractivity contribution in [3.05, 3.63) is 18.2 Å². The number of fused-ring (bicyclic) bond motifs is 1. The van der Waals surface area contributed by atoms with Crippen LogP contribution in [0.3, 0.4) is 0 Å². The first-order valence-electron chi connectivity index (χ1n) is 5.30. The summed E-state index contributed by atoms with van der Waals surface area (Å²) in [6.07, 6.45) is -4.69. The Morgan fingerprint density at radius 1 is 1.33 bits per heavy atom. The second-order valence-corrected chi connectivity index (χ2v) is 6.15. The van der Waals surface area contributed by atoms with Crippen LogP contribution in [-0.2, 0) is 0 Å². The number of aromatic nitrogens is 1. The number of nitrogens with zero attached hydrogens (tertiary/aromatic N) is 1. The minimum atomic E-state index is -4.07. The van der Waals surface area contributed by atoms with E-state index < -0.39 is 12.6 Å². The van der Waals surface area contributed by atoms with Crippen LogP contribution in [0.2, 0.25) is 0 Å². The number of nitrogen functional groups attached to an aromatic ring is 1. The Labute approximate surface area is 110 Å². The third-order valence-corrected chi connectivity index (χ3v) is 4.47. The Hall–Kier alpha value is -0.950. The van der Waals surface area contributed by atoms with Crippen molar-refractivity contribution >= 4 is 39.0 Å². The van der Waals surface area contributed by atoms with E-state index in [0.717, 1.165) is 14.6 Å². The molecule has 2 nitrogen and oxygen atoms in total. The molecular weight excluding hydrogens is 281 g/mol. The van der Waals surface area contributed by atoms with Crippen molar-refractivity contribution in [1.29, 1.82) is 0 Å². The van der Waals surface area contributed by atoms with Gasteiger partial charge in [-0.25, -0.2) is 4.98 Å². The van der Waals surface area contributed by atoms with Crippen molar-refractivity contribution in [2.24, 2.45) is 0 Å². The van der Waals surface area contributed by atoms with Crippen LogP contribution in [0.5, 0.6) is 0 Å². The normalized spacial score (nSPS) is 12.2. The smallest absolute Gasteiger partial charge is 0.389 e. The standard InChI is InChI=1S/C11H11F3N2S2/c12-11(13,14)4-1-5-17-10-16-8-3-2-7(15)6-9(8)18-10/h2-3,6H,1,4-5,15H2. The van der Waals surface area contributed by atoms with Crippen LogP contribution in [0.15, 0.2) is 22.5 Å². The molecule has 2 aromatic rings. The molecule has 0 saturated heterocycles. The predicted octanol–water partition coefficient (Wildman–Crippen LogP) is 4.31. The summed E-state index contributed by atoms with van der Waals surface area (Å²) in [6.45, 7) is 0. The number of benzene rings is 1. The number of hydrogen-bond donors (Lipinski definition) is 1. The molecule has 1 heterocycles. The fourth-order valence-corrected chi connectivity index (χ4v) is 3.54. The molecule has 2 N–H and O–H groups in total. The average molecular weight is 292 g/mol. The van der Waals surface area contributed by atoms with E-state index in [4.69, 9.17) is 5.73 Å². The highest BCUT2D eigenvalue weighted by atomic mass is 32.2. The lowest BCUT2D eigenvalue weighted by atomic mass is 10.3. The minimum Gasteiger partial charge on any atom is -0.399 e. The number of anilines is 1. The Kier molecular flexibility index (Phi) is 4.01. The van der Waals surface area contributed by atoms with Gasteiger partial charge in [0.15, 0.2) is 4.34 Å². The Morgan fingerprint density at radius 3 is 2.83 bits per heavy atom. The highest BCUT2D eigenvalue weighted by Crippen LogP contribution is 2.32. The molecule has 0 aliphatic rings. The van der Waals surface area contributed by atoms with Crippen LogP contribution < -0.4 is 5.73 Å². The third kappa shape index (κ3) is 3.78. The van der Waals surface area contributed by atoms with Gasteiger partial charge in [0.25, 0.3) is 0 Å². The van der Waals surface area contributed by atoms with Gasteiger partial charge in [-0.3, -0.25) is 0 Å². The molecular formula is C11H11F3N2S2. The maximum absolute atomic E-state index is 12.0. The monoisotopic (exact) mass is 292 g/mol. The SMILES string of the molecule is Nc1ccc2nc(SCCCC(F)(F)F)sc2c1. The fraction of sp³-hybridized carbons (Fsp3) is 0.364. The summed E-state index contributed by atoms with van der Waals surface area (Å²) >= 11 is 2.82. The molecule has 2 rings (SSSR count). The number of thiazole rings is 1. The molecule has 7 heteroatoms. The van der Waals surface area contributed by atoms with Crippen molar-refractivity contribution in [3.63, 3.8) is 0 Å². The van der Waals surface area contributed by atoms with Crippen LogP contribution in [0.25, 0.3) is 10.2 Å². The molecule has 1 aromatic heterocycles. The summed E-state index contributed by atoms with van der Waals surface area (Å²) < 4.78 is 37.6. The number of hydrogen-bond acceptors (Lipinski definition) is 4. The van der Waals surface area contributed by atoms with Gasteiger partial charge >= 0.3 is 6.18 Å². The van der Waals surface area contributed by atoms with Crippen molar-refractivity contribution in [1.82, 2.24) is 4.98 Å². The van der Waals surface area contributed by atoms with Crippen molar-refractivity contribution < 1.29 is 13.2 Å². The Morgan fingerprint density at radius 2 is 2.11 bits per heavy atom. The van der Waals surface area contributed by atoms with Crippen LogP contribution in [-0.4, -0.2) is 16.9 Å². The third-order valence-electron chi connectivity index (χ3n) is 2.22. The lowest BCUT2D eigenvalue weighted by molar-refractivity contribution is -0.134. The number of nitrogens with two attached hydrogens (primary N) is 1. The van der Waals surface area contributed by atoms with Gasteiger partial charge < -0.3 is 5.73 Å². The zero-order valence-corrected chi connectivity index (χ0v) is 11.0. The van der Waals surface area contributed by atoms with Gasteiger partial charge in [-0.15, -0.1) is 11.3 Å². The molecule has 0 fully saturated rings. The number of rotatable bonds is 4. The number of alkyl halides is 3. The topological polar surface area (TPSA) is 38.9 Å². The van der Waals surface area contributed by atoms with E-state index in [1.165, 1.54) is 23.1 Å². The minimum absolute atomic E-state index is 0.117. The molecule has 18 heavy (non-hydrogen) atoms. The van der Waals surface area contributed by atoms with E-state index in [9.17, 15) is 13.2 Å². The molecule has 0 radical (unpaired) electrons. The zero-order valence-electron chi connectivity index (χ0n) is 9.33. The van der Waals surface area contributed by atoms with Crippen LogP contribution in [0.4, 0.5) is 18.9 Å². The molecule has 0 amide bonds. The summed E-state index contributed by atoms with van der Waals surface area (Å²) in [6, 6.07) is 5.41. The summed E-state index contributed by atoms with van der Waals surface area (Å²) in [4.78, 5) is 4.33. The second kappa shape index (κ2) is 5.36. The predicted molar refractivity (Wildman–Crippen MR) is 70.0 cm³/mol. The first-order chi connectivity index (χ1) is 8.44. The molecule has 0 atom stereocenters. The molecule has 0 saturated carbocycles. The second-order valence-electron chi connectivity index (χ2n) is 3.77. The van der Waals surface area contributed by atoms with Gasteiger partial charge in [0, 0.05) is 17.9 Å². The van der Waals surface area contributed by atoms with Gasteiger partial charge in [-0.1, -0.05) is 11.8 Å². The maximum atomic E-state index is 12.0. The van der Waals surface area contributed by atoms with E-state index in [2.05, 4.69) is 4.98 Å². The van der Waals surface area contributed by atoms with E-state index in [1.807, 2.05) is 12.1 Å². The molecule has 98 valence electrons. The molecule has 0 bridgehead atoms. The summed E-state index contributed by atoms with van der Waals surface area (Å²) in [7, 11) is 0. The zero-order chi connectivity index (χ0) is 13.2. The fourth-order valence-electron chi connectivity index (χ4n) is 1.41. The first-order valence-corrected chi connectivity index (χ1v) is 7.10. The van der Waals surface area contributed by atoms with Crippen LogP contribution in [0.1, 0.15) is 12.8 Å². The van der Waals surface area contributed by atoms with Gasteiger partial charge in [-0.2, -0.15) is 13.2 Å². The van der Waals surface area contributed by atoms with Crippen LogP contribution in [0, 0.1) is 0 Å². The van der Waals surface area contributed by atoms with E-state index in [0.29, 0.717) is 11.4 Å². The largest absolute Gasteiger partial charge is 0.399 e. The summed E-state index contributed by atoms with van der Waals surface area (Å²) in [5, 5.41) is 0. The van der Waals surface area contributed by atoms with Gasteiger partial charge in [-0.05, 0) is 24.6 Å². The van der Waals surface area contributed by atoms with Gasteiger partial charge in [0.2, 0.25) is 0 Å². The van der Waals surface area contributed by atoms with Crippen molar-refractivity contribution in [2.45, 2.75) is 23.4 Å². The lowest BCUT2D eigenvalue weighted by Gasteiger charge is -2.03. The maximum Gasteiger partial charge on any atom is 0.389 e. The van der Waals surface area contributed by atoms with Crippen molar-refractivity contribution in [2.75, 3.05) is 11.5 Å². The lowest BCUT2D eigenvalue weighted by Crippen LogP contribution is -2.06. The molecule has 0 aliphatic heterocycles. The quantitative estimate of drug-likeness (QED) is 0.518. The number of halogens is 3. The Bertz CT molecular complexity index is 537.